The van der Waals surface area contributed by atoms with Crippen molar-refractivity contribution in [3.8, 4) is 0 Å². The van der Waals surface area contributed by atoms with Crippen LogP contribution in [0.1, 0.15) is 23.0 Å². The Morgan fingerprint density at radius 2 is 2.31 bits per heavy atom. The summed E-state index contributed by atoms with van der Waals surface area (Å²) in [6, 6.07) is 6.82. The van der Waals surface area contributed by atoms with Crippen LogP contribution in [0.4, 0.5) is 0 Å². The van der Waals surface area contributed by atoms with Crippen molar-refractivity contribution in [3.05, 3.63) is 35.6 Å². The van der Waals surface area contributed by atoms with Crippen LogP contribution in [0.25, 0.3) is 11.0 Å². The van der Waals surface area contributed by atoms with Crippen LogP contribution >= 0.6 is 0 Å². The van der Waals surface area contributed by atoms with E-state index in [1.165, 1.54) is 0 Å². The van der Waals surface area contributed by atoms with E-state index in [-0.39, 0.29) is 5.56 Å². The second-order valence-electron chi connectivity index (χ2n) is 3.52. The van der Waals surface area contributed by atoms with Gasteiger partial charge in [-0.15, -0.1) is 0 Å². The molecule has 16 heavy (non-hydrogen) atoms. The molecule has 1 heterocycles. The number of aromatic carboxylic acids is 1. The molecule has 1 aromatic carbocycles. The summed E-state index contributed by atoms with van der Waals surface area (Å²) in [5, 5.41) is 12.8. The van der Waals surface area contributed by atoms with Gasteiger partial charge >= 0.3 is 5.97 Å². The van der Waals surface area contributed by atoms with Gasteiger partial charge < -0.3 is 14.8 Å². The average Bonchev–Trinajstić information content (AvgIpc) is 2.68. The van der Waals surface area contributed by atoms with E-state index in [1.807, 2.05) is 6.92 Å². The quantitative estimate of drug-likeness (QED) is 0.827. The fourth-order valence-corrected chi connectivity index (χ4v) is 1.64. The Labute approximate surface area is 92.9 Å². The van der Waals surface area contributed by atoms with Gasteiger partial charge in [-0.05, 0) is 24.7 Å². The Hall–Kier alpha value is -1.81. The summed E-state index contributed by atoms with van der Waals surface area (Å²) < 4.78 is 5.54. The van der Waals surface area contributed by atoms with Crippen molar-refractivity contribution in [2.75, 3.05) is 6.54 Å². The van der Waals surface area contributed by atoms with Crippen LogP contribution in [-0.4, -0.2) is 17.6 Å². The number of carbonyl (C=O) groups is 1. The maximum Gasteiger partial charge on any atom is 0.336 e. The fourth-order valence-electron chi connectivity index (χ4n) is 1.64. The average molecular weight is 219 g/mol. The zero-order chi connectivity index (χ0) is 11.5. The Morgan fingerprint density at radius 3 is 3.00 bits per heavy atom. The highest BCUT2D eigenvalue weighted by Crippen LogP contribution is 2.23. The molecule has 2 aromatic rings. The highest BCUT2D eigenvalue weighted by atomic mass is 16.4. The Balaban J connectivity index is 2.44. The molecule has 1 aromatic heterocycles. The molecule has 0 unspecified atom stereocenters. The first-order valence-electron chi connectivity index (χ1n) is 5.18. The highest BCUT2D eigenvalue weighted by Gasteiger charge is 2.11. The van der Waals surface area contributed by atoms with E-state index in [1.54, 1.807) is 24.3 Å². The minimum absolute atomic E-state index is 0.281. The molecule has 0 aliphatic carbocycles. The van der Waals surface area contributed by atoms with Crippen LogP contribution in [0.15, 0.2) is 28.7 Å². The molecule has 0 saturated heterocycles. The molecule has 84 valence electrons. The summed E-state index contributed by atoms with van der Waals surface area (Å²) in [6.45, 7) is 3.47. The molecule has 0 fully saturated rings. The lowest BCUT2D eigenvalue weighted by Gasteiger charge is -1.94. The Morgan fingerprint density at radius 1 is 1.50 bits per heavy atom. The zero-order valence-corrected chi connectivity index (χ0v) is 8.99. The van der Waals surface area contributed by atoms with Crippen molar-refractivity contribution >= 4 is 16.9 Å². The first-order valence-corrected chi connectivity index (χ1v) is 5.18. The van der Waals surface area contributed by atoms with E-state index in [9.17, 15) is 4.79 Å². The lowest BCUT2D eigenvalue weighted by atomic mass is 10.1. The number of carboxylic acids is 1. The van der Waals surface area contributed by atoms with Crippen LogP contribution in [-0.2, 0) is 6.54 Å². The van der Waals surface area contributed by atoms with Gasteiger partial charge in [-0.2, -0.15) is 0 Å². The molecular weight excluding hydrogens is 206 g/mol. The smallest absolute Gasteiger partial charge is 0.336 e. The predicted molar refractivity (Wildman–Crippen MR) is 60.6 cm³/mol. The molecule has 0 saturated carbocycles. The molecule has 0 aliphatic heterocycles. The molecule has 0 atom stereocenters. The first-order chi connectivity index (χ1) is 7.72. The van der Waals surface area contributed by atoms with Crippen molar-refractivity contribution in [3.63, 3.8) is 0 Å². The molecule has 0 amide bonds. The molecule has 4 heteroatoms. The van der Waals surface area contributed by atoms with Gasteiger partial charge in [-0.25, -0.2) is 4.79 Å². The summed E-state index contributed by atoms with van der Waals surface area (Å²) in [5.41, 5.74) is 0.900. The maximum absolute atomic E-state index is 11.0. The SMILES string of the molecule is CCNCc1cc2c(C(=O)O)cccc2o1. The molecule has 2 N–H and O–H groups in total. The lowest BCUT2D eigenvalue weighted by Crippen LogP contribution is -2.10. The molecule has 0 bridgehead atoms. The van der Waals surface area contributed by atoms with E-state index in [2.05, 4.69) is 5.32 Å². The van der Waals surface area contributed by atoms with E-state index in [4.69, 9.17) is 9.52 Å². The third-order valence-corrected chi connectivity index (χ3v) is 2.39. The number of carboxylic acid groups (broad SMARTS) is 1. The topological polar surface area (TPSA) is 62.5 Å². The highest BCUT2D eigenvalue weighted by molar-refractivity contribution is 6.02. The van der Waals surface area contributed by atoms with Crippen molar-refractivity contribution in [1.82, 2.24) is 5.32 Å². The van der Waals surface area contributed by atoms with Crippen molar-refractivity contribution < 1.29 is 14.3 Å². The number of fused-ring (bicyclic) bond motifs is 1. The molecule has 0 aliphatic rings. The first kappa shape index (κ1) is 10.7. The third-order valence-electron chi connectivity index (χ3n) is 2.39. The molecule has 2 rings (SSSR count). The normalized spacial score (nSPS) is 10.8. The van der Waals surface area contributed by atoms with Crippen LogP contribution in [0.2, 0.25) is 0 Å². The molecular formula is C12H13NO3. The zero-order valence-electron chi connectivity index (χ0n) is 8.99. The monoisotopic (exact) mass is 219 g/mol. The number of hydrogen-bond acceptors (Lipinski definition) is 3. The van der Waals surface area contributed by atoms with Crippen LogP contribution in [0, 0.1) is 0 Å². The Bertz CT molecular complexity index is 516. The Kier molecular flexibility index (Phi) is 2.92. The number of furan rings is 1. The standard InChI is InChI=1S/C12H13NO3/c1-2-13-7-8-6-10-9(12(14)15)4-3-5-11(10)16-8/h3-6,13H,2,7H2,1H3,(H,14,15). The third kappa shape index (κ3) is 1.92. The molecule has 0 radical (unpaired) electrons. The summed E-state index contributed by atoms with van der Waals surface area (Å²) in [7, 11) is 0. The van der Waals surface area contributed by atoms with Gasteiger partial charge in [0, 0.05) is 5.39 Å². The van der Waals surface area contributed by atoms with Gasteiger partial charge in [0.25, 0.3) is 0 Å². The molecule has 4 nitrogen and oxygen atoms in total. The largest absolute Gasteiger partial charge is 0.478 e. The number of hydrogen-bond donors (Lipinski definition) is 2. The van der Waals surface area contributed by atoms with Crippen molar-refractivity contribution in [1.29, 1.82) is 0 Å². The van der Waals surface area contributed by atoms with E-state index in [0.29, 0.717) is 17.5 Å². The predicted octanol–water partition coefficient (Wildman–Crippen LogP) is 2.24. The van der Waals surface area contributed by atoms with Crippen molar-refractivity contribution in [2.45, 2.75) is 13.5 Å². The summed E-state index contributed by atoms with van der Waals surface area (Å²) in [6.07, 6.45) is 0. The number of benzene rings is 1. The number of nitrogens with one attached hydrogen (secondary N) is 1. The summed E-state index contributed by atoms with van der Waals surface area (Å²) >= 11 is 0. The van der Waals surface area contributed by atoms with Gasteiger partial charge in [0.2, 0.25) is 0 Å². The van der Waals surface area contributed by atoms with Crippen molar-refractivity contribution in [2.24, 2.45) is 0 Å². The van der Waals surface area contributed by atoms with Gasteiger partial charge in [0.1, 0.15) is 11.3 Å². The van der Waals surface area contributed by atoms with Gasteiger partial charge in [-0.1, -0.05) is 13.0 Å². The van der Waals surface area contributed by atoms with E-state index in [0.717, 1.165) is 12.3 Å². The van der Waals surface area contributed by atoms with E-state index < -0.39 is 5.97 Å². The van der Waals surface area contributed by atoms with Gasteiger partial charge in [0.05, 0.1) is 12.1 Å². The summed E-state index contributed by atoms with van der Waals surface area (Å²) in [5.74, 6) is -0.174. The summed E-state index contributed by atoms with van der Waals surface area (Å²) in [4.78, 5) is 11.0. The minimum Gasteiger partial charge on any atom is -0.478 e. The fraction of sp³-hybridized carbons (Fsp3) is 0.250. The molecule has 0 spiro atoms. The number of rotatable bonds is 4. The lowest BCUT2D eigenvalue weighted by molar-refractivity contribution is 0.0699. The second-order valence-corrected chi connectivity index (χ2v) is 3.52. The van der Waals surface area contributed by atoms with Gasteiger partial charge in [-0.3, -0.25) is 0 Å². The minimum atomic E-state index is -0.929. The van der Waals surface area contributed by atoms with Crippen LogP contribution in [0.3, 0.4) is 0 Å². The second kappa shape index (κ2) is 4.37. The van der Waals surface area contributed by atoms with Gasteiger partial charge in [0.15, 0.2) is 0 Å². The van der Waals surface area contributed by atoms with E-state index >= 15 is 0 Å². The van der Waals surface area contributed by atoms with Crippen LogP contribution in [0.5, 0.6) is 0 Å². The van der Waals surface area contributed by atoms with Crippen LogP contribution < -0.4 is 5.32 Å². The maximum atomic E-state index is 11.0.